The number of esters is 3. The zero-order chi connectivity index (χ0) is 78.0. The Kier molecular flexibility index (Phi) is 74.9. The number of hydrogen-bond acceptors (Lipinski definition) is 14. The topological polar surface area (TPSA) is 231 Å². The molecule has 0 saturated carbocycles. The van der Waals surface area contributed by atoms with E-state index in [0.29, 0.717) is 25.7 Å². The molecule has 0 fully saturated rings. The molecule has 0 aromatic heterocycles. The summed E-state index contributed by atoms with van der Waals surface area (Å²) in [4.78, 5) is 58.7. The summed E-state index contributed by atoms with van der Waals surface area (Å²) in [6.07, 6.45) is 107. The highest BCUT2D eigenvalue weighted by molar-refractivity contribution is 7.47. The first-order valence-electron chi connectivity index (χ1n) is 40.0. The van der Waals surface area contributed by atoms with E-state index in [1.165, 1.54) is 32.1 Å². The summed E-state index contributed by atoms with van der Waals surface area (Å²) < 4.78 is 61.1. The maximum atomic E-state index is 13.0. The van der Waals surface area contributed by atoms with Crippen LogP contribution in [-0.4, -0.2) is 95.9 Å². The van der Waals surface area contributed by atoms with Gasteiger partial charge < -0.3 is 34.2 Å². The monoisotopic (exact) mass is 1530 g/mol. The second-order valence-corrected chi connectivity index (χ2v) is 28.6. The predicted octanol–water partition coefficient (Wildman–Crippen LogP) is 23.9. The lowest BCUT2D eigenvalue weighted by molar-refractivity contribution is -0.161. The van der Waals surface area contributed by atoms with Crippen molar-refractivity contribution < 1.29 is 75.8 Å². The van der Waals surface area contributed by atoms with Crippen LogP contribution >= 0.6 is 15.6 Å². The van der Waals surface area contributed by atoms with E-state index in [2.05, 4.69) is 240 Å². The van der Waals surface area contributed by atoms with E-state index in [0.717, 1.165) is 167 Å². The molecule has 107 heavy (non-hydrogen) atoms. The van der Waals surface area contributed by atoms with Crippen molar-refractivity contribution in [2.75, 3.05) is 39.6 Å². The zero-order valence-electron chi connectivity index (χ0n) is 65.7. The molecule has 0 amide bonds. The minimum Gasteiger partial charge on any atom is -0.463 e. The molecule has 5 atom stereocenters. The van der Waals surface area contributed by atoms with Crippen LogP contribution in [0.15, 0.2) is 219 Å². The normalized spacial score (nSPS) is 15.1. The van der Waals surface area contributed by atoms with Gasteiger partial charge in [-0.15, -0.1) is 0 Å². The van der Waals surface area contributed by atoms with Gasteiger partial charge in [-0.25, -0.2) is 9.13 Å². The van der Waals surface area contributed by atoms with Gasteiger partial charge in [0.05, 0.1) is 26.4 Å². The number of carbonyl (C=O) groups excluding carboxylic acids is 3. The van der Waals surface area contributed by atoms with Crippen molar-refractivity contribution in [3.05, 3.63) is 219 Å². The predicted molar refractivity (Wildman–Crippen MR) is 444 cm³/mol. The summed E-state index contributed by atoms with van der Waals surface area (Å²) in [6, 6.07) is 0. The van der Waals surface area contributed by atoms with E-state index >= 15 is 0 Å². The molecule has 0 radical (unpaired) electrons. The van der Waals surface area contributed by atoms with Crippen LogP contribution in [0.25, 0.3) is 0 Å². The van der Waals surface area contributed by atoms with Gasteiger partial charge in [0.2, 0.25) is 0 Å². The molecule has 18 heteroatoms. The fraction of sp³-hybridized carbons (Fsp3) is 0.562. The van der Waals surface area contributed by atoms with Crippen molar-refractivity contribution in [3.8, 4) is 0 Å². The number of carbonyl (C=O) groups is 3. The third kappa shape index (κ3) is 80.7. The van der Waals surface area contributed by atoms with Crippen LogP contribution in [0, 0.1) is 0 Å². The number of rotatable bonds is 73. The van der Waals surface area contributed by atoms with E-state index in [4.69, 9.17) is 32.3 Å². The van der Waals surface area contributed by atoms with Crippen molar-refractivity contribution in [1.82, 2.24) is 0 Å². The highest BCUT2D eigenvalue weighted by Gasteiger charge is 2.29. The lowest BCUT2D eigenvalue weighted by Gasteiger charge is -2.21. The molecule has 0 heterocycles. The smallest absolute Gasteiger partial charge is 0.463 e. The Morgan fingerprint density at radius 2 is 0.467 bits per heavy atom. The largest absolute Gasteiger partial charge is 0.472 e. The molecule has 0 spiro atoms. The Morgan fingerprint density at radius 3 is 0.757 bits per heavy atom. The van der Waals surface area contributed by atoms with Crippen molar-refractivity contribution in [3.63, 3.8) is 0 Å². The van der Waals surface area contributed by atoms with Crippen molar-refractivity contribution >= 4 is 33.6 Å². The van der Waals surface area contributed by atoms with Gasteiger partial charge in [0.25, 0.3) is 0 Å². The van der Waals surface area contributed by atoms with Gasteiger partial charge in [0.1, 0.15) is 25.4 Å². The van der Waals surface area contributed by atoms with Gasteiger partial charge >= 0.3 is 33.6 Å². The molecule has 0 aliphatic carbocycles. The zero-order valence-corrected chi connectivity index (χ0v) is 67.5. The second kappa shape index (κ2) is 79.4. The number of allylic oxidation sites excluding steroid dienone is 36. The third-order valence-corrected chi connectivity index (χ3v) is 17.6. The van der Waals surface area contributed by atoms with Crippen LogP contribution in [0.3, 0.4) is 0 Å². The molecule has 0 bridgehead atoms. The average Bonchev–Trinajstić information content (AvgIpc) is 0.907. The lowest BCUT2D eigenvalue weighted by atomic mass is 10.1. The SMILES string of the molecule is CC/C=C\C/C=C\C/C=C\C/C=C\C/C=C\C/C=C\CCCCCCCCCCCCC(=O)OCC(O)COP(=O)(O)OCC(O)COP(=O)(O)OCC(COC(=O)CCCC/C=C\C/C=C\C/C=C\C/C=C\C/C=C\C/C=C\CC)OC(=O)CCCC/C=C\C/C=C\C/C=C\C/C=C\C/C=C\C/C=C\CC. The molecule has 0 aromatic rings. The number of hydrogen-bond donors (Lipinski definition) is 4. The highest BCUT2D eigenvalue weighted by Crippen LogP contribution is 2.45. The highest BCUT2D eigenvalue weighted by atomic mass is 31.2. The molecule has 16 nitrogen and oxygen atoms in total. The number of aliphatic hydroxyl groups is 2. The van der Waals surface area contributed by atoms with Gasteiger partial charge in [-0.2, -0.15) is 0 Å². The van der Waals surface area contributed by atoms with Gasteiger partial charge in [-0.05, 0) is 173 Å². The fourth-order valence-corrected chi connectivity index (χ4v) is 11.3. The van der Waals surface area contributed by atoms with Crippen LogP contribution in [0.1, 0.15) is 265 Å². The number of unbranched alkanes of at least 4 members (excludes halogenated alkanes) is 14. The molecular weight excluding hydrogens is 1390 g/mol. The van der Waals surface area contributed by atoms with Gasteiger partial charge in [-0.1, -0.05) is 291 Å². The lowest BCUT2D eigenvalue weighted by Crippen LogP contribution is -2.30. The summed E-state index contributed by atoms with van der Waals surface area (Å²) in [5.74, 6) is -1.70. The summed E-state index contributed by atoms with van der Waals surface area (Å²) in [6.45, 7) is 2.19. The van der Waals surface area contributed by atoms with Crippen molar-refractivity contribution in [2.24, 2.45) is 0 Å². The Hall–Kier alpha value is -6.13. The van der Waals surface area contributed by atoms with Crippen molar-refractivity contribution in [2.45, 2.75) is 283 Å². The Morgan fingerprint density at radius 1 is 0.262 bits per heavy atom. The van der Waals surface area contributed by atoms with E-state index < -0.39 is 91.5 Å². The van der Waals surface area contributed by atoms with E-state index in [1.54, 1.807) is 0 Å². The fourth-order valence-electron chi connectivity index (χ4n) is 9.70. The van der Waals surface area contributed by atoms with Crippen molar-refractivity contribution in [1.29, 1.82) is 0 Å². The molecule has 0 aromatic carbocycles. The number of ether oxygens (including phenoxy) is 3. The minimum atomic E-state index is -4.97. The van der Waals surface area contributed by atoms with Gasteiger partial charge in [0, 0.05) is 19.3 Å². The van der Waals surface area contributed by atoms with Crippen LogP contribution in [0.5, 0.6) is 0 Å². The van der Waals surface area contributed by atoms with Crippen LogP contribution in [0.4, 0.5) is 0 Å². The average molecular weight is 1530 g/mol. The molecular formula is C89H140O16P2. The summed E-state index contributed by atoms with van der Waals surface area (Å²) in [7, 11) is -9.85. The number of aliphatic hydroxyl groups excluding tert-OH is 2. The molecule has 5 unspecified atom stereocenters. The first kappa shape index (κ1) is 101. The summed E-state index contributed by atoms with van der Waals surface area (Å²) in [5.41, 5.74) is 0. The maximum Gasteiger partial charge on any atom is 0.472 e. The first-order valence-corrected chi connectivity index (χ1v) is 43.0. The summed E-state index contributed by atoms with van der Waals surface area (Å²) >= 11 is 0. The molecule has 0 rings (SSSR count). The molecule has 0 aliphatic rings. The minimum absolute atomic E-state index is 0.0296. The van der Waals surface area contributed by atoms with Gasteiger partial charge in [0.15, 0.2) is 6.10 Å². The molecule has 4 N–H and O–H groups in total. The number of phosphoric ester groups is 2. The number of phosphoric acid groups is 2. The molecule has 0 saturated heterocycles. The molecule has 0 aliphatic heterocycles. The Bertz CT molecular complexity index is 2820. The van der Waals surface area contributed by atoms with Crippen LogP contribution < -0.4 is 0 Å². The maximum absolute atomic E-state index is 13.0. The standard InChI is InChI=1S/C89H140O16P2/c1-4-7-10-13-16-19-22-25-28-31-34-37-38-39-40-41-42-43-44-47-49-51-54-57-60-63-66-69-72-75-87(92)99-78-84(90)79-101-106(95,96)102-80-85(91)81-103-107(97,98)104-83-86(105-89(94)77-74-71-68-65-62-59-56-53-50-46-36-33-30-27-24-21-18-15-12-9-6-3)82-100-88(93)76-73-70-67-64-61-58-55-52-48-45-35-32-29-26-23-20-17-14-11-8-5-2/h7-12,16-21,25-30,34-37,39-40,42-43,45-46,52-53,55-56,61-62,64-65,84-86,90-91H,4-6,13-15,22-24,31-33,38,41,44,47-51,54,57-60,63,66-83H2,1-3H3,(H,95,96)(H,97,98)/b10-7-,11-8-,12-9-,19-16-,20-17-,21-18-,28-25-,29-26-,30-27-,37-34-,40-39-,43-42-,45-35-,46-36-,55-52-,56-53-,64-61-,65-62-. The van der Waals surface area contributed by atoms with E-state index in [9.17, 15) is 43.5 Å². The second-order valence-electron chi connectivity index (χ2n) is 25.7. The van der Waals surface area contributed by atoms with Crippen LogP contribution in [-0.2, 0) is 55.8 Å². The van der Waals surface area contributed by atoms with Crippen LogP contribution in [0.2, 0.25) is 0 Å². The Labute approximate surface area is 647 Å². The van der Waals surface area contributed by atoms with Gasteiger partial charge in [-0.3, -0.25) is 32.5 Å². The van der Waals surface area contributed by atoms with E-state index in [1.807, 2.05) is 0 Å². The first-order chi connectivity index (χ1) is 52.2. The summed E-state index contributed by atoms with van der Waals surface area (Å²) in [5, 5.41) is 20.7. The Balaban J connectivity index is 4.73. The third-order valence-electron chi connectivity index (χ3n) is 15.7. The van der Waals surface area contributed by atoms with E-state index in [-0.39, 0.29) is 19.3 Å². The quantitative estimate of drug-likeness (QED) is 0.0146. The molecule has 602 valence electrons.